The highest BCUT2D eigenvalue weighted by atomic mass is 16.5. The predicted octanol–water partition coefficient (Wildman–Crippen LogP) is 4.80. The van der Waals surface area contributed by atoms with E-state index in [0.717, 1.165) is 36.0 Å². The minimum absolute atomic E-state index is 0.124. The van der Waals surface area contributed by atoms with Gasteiger partial charge >= 0.3 is 0 Å². The second-order valence-corrected chi connectivity index (χ2v) is 8.74. The van der Waals surface area contributed by atoms with E-state index >= 15 is 0 Å². The molecule has 1 aliphatic carbocycles. The average Bonchev–Trinajstić information content (AvgIpc) is 2.82. The predicted molar refractivity (Wildman–Crippen MR) is 127 cm³/mol. The van der Waals surface area contributed by atoms with Crippen LogP contribution in [0.2, 0.25) is 0 Å². The Morgan fingerprint density at radius 3 is 2.33 bits per heavy atom. The number of benzene rings is 3. The summed E-state index contributed by atoms with van der Waals surface area (Å²) in [5, 5.41) is 3.17. The van der Waals surface area contributed by atoms with Crippen molar-refractivity contribution in [2.75, 3.05) is 11.9 Å². The van der Waals surface area contributed by atoms with E-state index in [4.69, 9.17) is 14.9 Å². The van der Waals surface area contributed by atoms with Crippen LogP contribution in [0.25, 0.3) is 33.4 Å². The third-order valence-electron chi connectivity index (χ3n) is 6.67. The van der Waals surface area contributed by atoms with Gasteiger partial charge in [-0.05, 0) is 42.5 Å². The van der Waals surface area contributed by atoms with Crippen molar-refractivity contribution in [1.82, 2.24) is 0 Å². The highest BCUT2D eigenvalue weighted by molar-refractivity contribution is 6.02. The lowest BCUT2D eigenvalue weighted by Gasteiger charge is -2.38. The highest BCUT2D eigenvalue weighted by Gasteiger charge is 2.34. The average molecular weight is 438 g/mol. The van der Waals surface area contributed by atoms with E-state index in [1.807, 2.05) is 54.6 Å². The molecule has 0 saturated heterocycles. The van der Waals surface area contributed by atoms with Gasteiger partial charge in [0, 0.05) is 11.1 Å². The molecule has 1 aromatic heterocycles. The lowest BCUT2D eigenvalue weighted by Crippen LogP contribution is -2.43. The molecule has 0 radical (unpaired) electrons. The fourth-order valence-electron chi connectivity index (χ4n) is 4.67. The number of hydrogen-bond donors (Lipinski definition) is 2. The molecule has 0 unspecified atom stereocenters. The molecule has 0 spiro atoms. The minimum atomic E-state index is -0.268. The second-order valence-electron chi connectivity index (χ2n) is 8.74. The third-order valence-corrected chi connectivity index (χ3v) is 6.67. The van der Waals surface area contributed by atoms with Gasteiger partial charge < -0.3 is 20.2 Å². The molecule has 3 aromatic carbocycles. The van der Waals surface area contributed by atoms with Crippen molar-refractivity contribution < 1.29 is 13.9 Å². The van der Waals surface area contributed by atoms with Crippen LogP contribution in [0.3, 0.4) is 0 Å². The van der Waals surface area contributed by atoms with Crippen LogP contribution >= 0.6 is 0 Å². The van der Waals surface area contributed by atoms with Gasteiger partial charge in [0.25, 0.3) is 5.91 Å². The van der Waals surface area contributed by atoms with Gasteiger partial charge in [-0.1, -0.05) is 54.6 Å². The molecule has 2 aliphatic rings. The van der Waals surface area contributed by atoms with Crippen LogP contribution in [0.15, 0.2) is 75.9 Å². The standard InChI is InChI=1S/C27H22N2O4/c28-27(13-4-14-27)18-9-7-16(8-10-18)22-23(31)19-11-12-20-26(32-15-21(30)29-20)25(19)33-24(22)17-5-2-1-3-6-17/h1-3,5-12H,4,13-15,28H2,(H,29,30). The minimum Gasteiger partial charge on any atom is -0.478 e. The summed E-state index contributed by atoms with van der Waals surface area (Å²) in [6.45, 7) is -0.124. The first-order valence-electron chi connectivity index (χ1n) is 11.1. The zero-order valence-electron chi connectivity index (χ0n) is 17.9. The van der Waals surface area contributed by atoms with Crippen molar-refractivity contribution in [2.45, 2.75) is 24.8 Å². The molecule has 6 heteroatoms. The first kappa shape index (κ1) is 19.8. The highest BCUT2D eigenvalue weighted by Crippen LogP contribution is 2.42. The molecule has 3 N–H and O–H groups in total. The summed E-state index contributed by atoms with van der Waals surface area (Å²) >= 11 is 0. The van der Waals surface area contributed by atoms with E-state index < -0.39 is 0 Å². The zero-order valence-corrected chi connectivity index (χ0v) is 17.9. The van der Waals surface area contributed by atoms with Crippen molar-refractivity contribution >= 4 is 22.6 Å². The Bertz CT molecular complexity index is 1450. The number of fused-ring (bicyclic) bond motifs is 3. The molecule has 1 fully saturated rings. The Balaban J connectivity index is 1.59. The summed E-state index contributed by atoms with van der Waals surface area (Å²) in [4.78, 5) is 25.5. The molecule has 33 heavy (non-hydrogen) atoms. The number of ether oxygens (including phenoxy) is 1. The van der Waals surface area contributed by atoms with Crippen LogP contribution in [-0.2, 0) is 10.3 Å². The quantitative estimate of drug-likeness (QED) is 0.479. The number of amides is 1. The fourth-order valence-corrected chi connectivity index (χ4v) is 4.67. The van der Waals surface area contributed by atoms with Crippen LogP contribution in [0, 0.1) is 0 Å². The first-order chi connectivity index (χ1) is 16.0. The summed E-state index contributed by atoms with van der Waals surface area (Å²) in [6.07, 6.45) is 3.08. The molecule has 0 atom stereocenters. The zero-order chi connectivity index (χ0) is 22.6. The molecule has 1 aliphatic heterocycles. The van der Waals surface area contributed by atoms with Gasteiger partial charge in [0.15, 0.2) is 17.9 Å². The second kappa shape index (κ2) is 7.32. The van der Waals surface area contributed by atoms with E-state index in [-0.39, 0.29) is 23.5 Å². The topological polar surface area (TPSA) is 94.6 Å². The van der Waals surface area contributed by atoms with Crippen molar-refractivity contribution in [2.24, 2.45) is 5.73 Å². The van der Waals surface area contributed by atoms with E-state index in [0.29, 0.717) is 33.7 Å². The smallest absolute Gasteiger partial charge is 0.262 e. The molecule has 164 valence electrons. The first-order valence-corrected chi connectivity index (χ1v) is 11.1. The summed E-state index contributed by atoms with van der Waals surface area (Å²) < 4.78 is 12.0. The van der Waals surface area contributed by atoms with Crippen molar-refractivity contribution in [3.8, 4) is 28.2 Å². The SMILES string of the molecule is NC1(c2ccc(-c3c(-c4ccccc4)oc4c5c(ccc4c3=O)NC(=O)CO5)cc2)CCC1. The fraction of sp³-hybridized carbons (Fsp3) is 0.185. The van der Waals surface area contributed by atoms with Gasteiger partial charge in [0.05, 0.1) is 16.6 Å². The van der Waals surface area contributed by atoms with E-state index in [1.54, 1.807) is 12.1 Å². The number of carbonyl (C=O) groups is 1. The van der Waals surface area contributed by atoms with Crippen molar-refractivity contribution in [3.05, 3.63) is 82.5 Å². The van der Waals surface area contributed by atoms with Crippen LogP contribution in [0.4, 0.5) is 5.69 Å². The number of rotatable bonds is 3. The maximum Gasteiger partial charge on any atom is 0.262 e. The van der Waals surface area contributed by atoms with Crippen LogP contribution in [0.1, 0.15) is 24.8 Å². The molecule has 0 bridgehead atoms. The Kier molecular flexibility index (Phi) is 4.38. The van der Waals surface area contributed by atoms with Crippen LogP contribution < -0.4 is 21.2 Å². The van der Waals surface area contributed by atoms with Gasteiger partial charge in [-0.3, -0.25) is 9.59 Å². The summed E-state index contributed by atoms with van der Waals surface area (Å²) in [6, 6.07) is 20.8. The summed E-state index contributed by atoms with van der Waals surface area (Å²) in [5.74, 6) is 0.590. The lowest BCUT2D eigenvalue weighted by molar-refractivity contribution is -0.118. The Morgan fingerprint density at radius 2 is 1.64 bits per heavy atom. The maximum absolute atomic E-state index is 13.8. The number of nitrogens with one attached hydrogen (secondary N) is 1. The van der Waals surface area contributed by atoms with Crippen LogP contribution in [0.5, 0.6) is 5.75 Å². The monoisotopic (exact) mass is 438 g/mol. The van der Waals surface area contributed by atoms with Gasteiger partial charge in [0.1, 0.15) is 5.76 Å². The van der Waals surface area contributed by atoms with Gasteiger partial charge in [-0.15, -0.1) is 0 Å². The molecule has 1 amide bonds. The molecule has 4 aromatic rings. The number of nitrogens with two attached hydrogens (primary N) is 1. The molecule has 1 saturated carbocycles. The maximum atomic E-state index is 13.8. The van der Waals surface area contributed by atoms with E-state index in [2.05, 4.69) is 5.32 Å². The Morgan fingerprint density at radius 1 is 0.879 bits per heavy atom. The van der Waals surface area contributed by atoms with E-state index in [1.165, 1.54) is 0 Å². The largest absolute Gasteiger partial charge is 0.478 e. The number of hydrogen-bond acceptors (Lipinski definition) is 5. The molecule has 6 rings (SSSR count). The number of anilines is 1. The van der Waals surface area contributed by atoms with Crippen LogP contribution in [-0.4, -0.2) is 12.5 Å². The van der Waals surface area contributed by atoms with Gasteiger partial charge in [-0.25, -0.2) is 0 Å². The van der Waals surface area contributed by atoms with E-state index in [9.17, 15) is 9.59 Å². The summed E-state index contributed by atoms with van der Waals surface area (Å²) in [5.41, 5.74) is 10.0. The third kappa shape index (κ3) is 3.14. The Labute approximate surface area is 190 Å². The number of carbonyl (C=O) groups excluding carboxylic acids is 1. The van der Waals surface area contributed by atoms with Gasteiger partial charge in [-0.2, -0.15) is 0 Å². The molecular weight excluding hydrogens is 416 g/mol. The normalized spacial score (nSPS) is 16.5. The van der Waals surface area contributed by atoms with Gasteiger partial charge in [0.2, 0.25) is 5.43 Å². The van der Waals surface area contributed by atoms with Crippen molar-refractivity contribution in [3.63, 3.8) is 0 Å². The lowest BCUT2D eigenvalue weighted by atomic mass is 9.72. The molecular formula is C27H22N2O4. The molecule has 2 heterocycles. The Hall–Kier alpha value is -3.90. The molecule has 6 nitrogen and oxygen atoms in total. The summed E-state index contributed by atoms with van der Waals surface area (Å²) in [7, 11) is 0. The van der Waals surface area contributed by atoms with Crippen molar-refractivity contribution in [1.29, 1.82) is 0 Å².